The summed E-state index contributed by atoms with van der Waals surface area (Å²) in [4.78, 5) is 30.2. The highest BCUT2D eigenvalue weighted by atomic mass is 32.2. The lowest BCUT2D eigenvalue weighted by molar-refractivity contribution is -0.139. The maximum atomic E-state index is 14.4. The van der Waals surface area contributed by atoms with Crippen LogP contribution >= 0.6 is 11.8 Å². The summed E-state index contributed by atoms with van der Waals surface area (Å²) in [5.41, 5.74) is 2.89. The van der Waals surface area contributed by atoms with Crippen molar-refractivity contribution in [2.75, 3.05) is 31.3 Å². The number of sulfonamides is 1. The van der Waals surface area contributed by atoms with Gasteiger partial charge in [0.1, 0.15) is 18.3 Å². The molecule has 0 aliphatic heterocycles. The summed E-state index contributed by atoms with van der Waals surface area (Å²) in [6, 6.07) is 29.3. The number of thioether (sulfide) groups is 1. The van der Waals surface area contributed by atoms with Crippen molar-refractivity contribution >= 4 is 39.3 Å². The second kappa shape index (κ2) is 14.9. The maximum Gasteiger partial charge on any atom is 0.264 e. The third-order valence-electron chi connectivity index (χ3n) is 7.25. The average Bonchev–Trinajstić information content (AvgIpc) is 3.05. The Morgan fingerprint density at radius 3 is 2.16 bits per heavy atom. The van der Waals surface area contributed by atoms with Gasteiger partial charge in [0.2, 0.25) is 11.8 Å². The minimum Gasteiger partial charge on any atom is -0.497 e. The van der Waals surface area contributed by atoms with E-state index in [0.29, 0.717) is 11.4 Å². The predicted molar refractivity (Wildman–Crippen MR) is 175 cm³/mol. The third-order valence-corrected chi connectivity index (χ3v) is 9.78. The minimum absolute atomic E-state index is 0.0607. The maximum absolute atomic E-state index is 14.4. The molecule has 0 fully saturated rings. The van der Waals surface area contributed by atoms with Crippen LogP contribution in [-0.2, 0) is 32.6 Å². The Morgan fingerprint density at radius 1 is 0.886 bits per heavy atom. The Balaban J connectivity index is 1.79. The van der Waals surface area contributed by atoms with Crippen molar-refractivity contribution in [1.29, 1.82) is 0 Å². The molecule has 0 saturated carbocycles. The van der Waals surface area contributed by atoms with Crippen molar-refractivity contribution < 1.29 is 22.7 Å². The summed E-state index contributed by atoms with van der Waals surface area (Å²) in [7, 11) is -1.08. The van der Waals surface area contributed by atoms with Crippen LogP contribution in [0.1, 0.15) is 16.7 Å². The van der Waals surface area contributed by atoms with Gasteiger partial charge in [0.05, 0.1) is 17.7 Å². The molecule has 0 saturated heterocycles. The van der Waals surface area contributed by atoms with E-state index >= 15 is 0 Å². The van der Waals surface area contributed by atoms with Crippen LogP contribution in [0.4, 0.5) is 5.69 Å². The second-order valence-corrected chi connectivity index (χ2v) is 13.0. The molecule has 8 nitrogen and oxygen atoms in total. The second-order valence-electron chi connectivity index (χ2n) is 10.2. The molecule has 4 aromatic carbocycles. The Morgan fingerprint density at radius 2 is 1.55 bits per heavy atom. The van der Waals surface area contributed by atoms with Crippen molar-refractivity contribution in [3.05, 3.63) is 120 Å². The molecular weight excluding hydrogens is 595 g/mol. The molecule has 0 aromatic heterocycles. The average molecular weight is 632 g/mol. The van der Waals surface area contributed by atoms with Gasteiger partial charge in [-0.2, -0.15) is 0 Å². The van der Waals surface area contributed by atoms with Crippen molar-refractivity contribution in [3.8, 4) is 5.75 Å². The molecular formula is C34H37N3O5S2. The zero-order valence-electron chi connectivity index (χ0n) is 25.3. The SMILES string of the molecule is CNC(=O)[C@H](Cc1ccccc1)N(Cc1cccc(OC)c1)C(=O)CN(c1ccc(C)cc1)S(=O)(=O)c1ccc(SC)cc1. The van der Waals surface area contributed by atoms with Gasteiger partial charge in [0.15, 0.2) is 0 Å². The number of anilines is 1. The summed E-state index contributed by atoms with van der Waals surface area (Å²) >= 11 is 1.51. The van der Waals surface area contributed by atoms with Crippen LogP contribution in [0.15, 0.2) is 113 Å². The fraction of sp³-hybridized carbons (Fsp3) is 0.235. The van der Waals surface area contributed by atoms with E-state index in [0.717, 1.165) is 25.9 Å². The Hall–Kier alpha value is -4.28. The van der Waals surface area contributed by atoms with E-state index in [-0.39, 0.29) is 23.8 Å². The first-order valence-electron chi connectivity index (χ1n) is 14.1. The van der Waals surface area contributed by atoms with E-state index in [1.807, 2.05) is 55.6 Å². The highest BCUT2D eigenvalue weighted by Gasteiger charge is 2.34. The third kappa shape index (κ3) is 8.00. The zero-order valence-corrected chi connectivity index (χ0v) is 26.9. The molecule has 0 unspecified atom stereocenters. The first-order valence-corrected chi connectivity index (χ1v) is 16.7. The van der Waals surface area contributed by atoms with Crippen LogP contribution in [0.25, 0.3) is 0 Å². The van der Waals surface area contributed by atoms with Crippen molar-refractivity contribution in [3.63, 3.8) is 0 Å². The number of hydrogen-bond donors (Lipinski definition) is 1. The lowest BCUT2D eigenvalue weighted by Gasteiger charge is -2.33. The Kier molecular flexibility index (Phi) is 11.1. The first-order chi connectivity index (χ1) is 21.2. The Bertz CT molecular complexity index is 1660. The van der Waals surface area contributed by atoms with Crippen LogP contribution in [0, 0.1) is 6.92 Å². The highest BCUT2D eigenvalue weighted by molar-refractivity contribution is 7.98. The van der Waals surface area contributed by atoms with Crippen LogP contribution in [-0.4, -0.2) is 58.1 Å². The fourth-order valence-corrected chi connectivity index (χ4v) is 6.63. The smallest absolute Gasteiger partial charge is 0.264 e. The van der Waals surface area contributed by atoms with Crippen LogP contribution in [0.5, 0.6) is 5.75 Å². The van der Waals surface area contributed by atoms with Gasteiger partial charge in [0.25, 0.3) is 10.0 Å². The molecule has 10 heteroatoms. The van der Waals surface area contributed by atoms with Gasteiger partial charge in [-0.15, -0.1) is 11.8 Å². The zero-order chi connectivity index (χ0) is 31.7. The summed E-state index contributed by atoms with van der Waals surface area (Å²) in [5.74, 6) is -0.281. The largest absolute Gasteiger partial charge is 0.497 e. The van der Waals surface area contributed by atoms with Crippen molar-refractivity contribution in [2.45, 2.75) is 35.7 Å². The quantitative estimate of drug-likeness (QED) is 0.201. The number of amides is 2. The number of ether oxygens (including phenoxy) is 1. The van der Waals surface area contributed by atoms with E-state index in [4.69, 9.17) is 4.74 Å². The monoisotopic (exact) mass is 631 g/mol. The molecule has 0 aliphatic carbocycles. The number of carbonyl (C=O) groups is 2. The van der Waals surface area contributed by atoms with E-state index in [1.54, 1.807) is 67.8 Å². The normalized spacial score (nSPS) is 11.8. The molecule has 0 bridgehead atoms. The number of carbonyl (C=O) groups excluding carboxylic acids is 2. The minimum atomic E-state index is -4.16. The molecule has 4 aromatic rings. The summed E-state index contributed by atoms with van der Waals surface area (Å²) < 4.78 is 34.7. The topological polar surface area (TPSA) is 96.0 Å². The molecule has 0 aliphatic rings. The molecule has 0 spiro atoms. The summed E-state index contributed by atoms with van der Waals surface area (Å²) in [5, 5.41) is 2.70. The van der Waals surface area contributed by atoms with Gasteiger partial charge in [-0.1, -0.05) is 60.2 Å². The standard InChI is InChI=1S/C34H37N3O5S2/c1-25-13-15-28(16-14-25)37(44(40,41)31-19-17-30(43-4)18-20-31)24-33(38)36(23-27-11-8-12-29(21-27)42-3)32(34(39)35-2)22-26-9-6-5-7-10-26/h5-21,32H,22-24H2,1-4H3,(H,35,39)/t32-/m0/s1. The predicted octanol–water partition coefficient (Wildman–Crippen LogP) is 5.31. The molecule has 44 heavy (non-hydrogen) atoms. The van der Waals surface area contributed by atoms with E-state index < -0.39 is 28.5 Å². The lowest BCUT2D eigenvalue weighted by Crippen LogP contribution is -2.53. The Labute approximate surface area is 264 Å². The van der Waals surface area contributed by atoms with Gasteiger partial charge in [-0.25, -0.2) is 8.42 Å². The van der Waals surface area contributed by atoms with Gasteiger partial charge in [0, 0.05) is 24.9 Å². The fourth-order valence-electron chi connectivity index (χ4n) is 4.80. The van der Waals surface area contributed by atoms with Gasteiger partial charge >= 0.3 is 0 Å². The highest BCUT2D eigenvalue weighted by Crippen LogP contribution is 2.27. The number of nitrogens with one attached hydrogen (secondary N) is 1. The number of nitrogens with zero attached hydrogens (tertiary/aromatic N) is 2. The lowest BCUT2D eigenvalue weighted by atomic mass is 10.0. The van der Waals surface area contributed by atoms with Crippen LogP contribution < -0.4 is 14.4 Å². The number of rotatable bonds is 13. The number of hydrogen-bond acceptors (Lipinski definition) is 6. The summed E-state index contributed by atoms with van der Waals surface area (Å²) in [6.07, 6.45) is 2.15. The molecule has 1 atom stereocenters. The number of aryl methyl sites for hydroxylation is 1. The molecule has 1 N–H and O–H groups in total. The van der Waals surface area contributed by atoms with E-state index in [9.17, 15) is 18.0 Å². The van der Waals surface area contributed by atoms with Crippen molar-refractivity contribution in [1.82, 2.24) is 10.2 Å². The number of likely N-dealkylation sites (N-methyl/N-ethyl adjacent to an activating group) is 1. The van der Waals surface area contributed by atoms with Gasteiger partial charge in [-0.3, -0.25) is 13.9 Å². The number of benzene rings is 4. The number of methoxy groups -OCH3 is 1. The van der Waals surface area contributed by atoms with Crippen LogP contribution in [0.3, 0.4) is 0 Å². The van der Waals surface area contributed by atoms with Gasteiger partial charge < -0.3 is 15.0 Å². The first kappa shape index (κ1) is 32.6. The van der Waals surface area contributed by atoms with Gasteiger partial charge in [-0.05, 0) is 72.8 Å². The van der Waals surface area contributed by atoms with Crippen molar-refractivity contribution in [2.24, 2.45) is 0 Å². The molecule has 0 radical (unpaired) electrons. The van der Waals surface area contributed by atoms with E-state index in [1.165, 1.54) is 23.7 Å². The van der Waals surface area contributed by atoms with E-state index in [2.05, 4.69) is 5.32 Å². The molecule has 4 rings (SSSR count). The molecule has 230 valence electrons. The van der Waals surface area contributed by atoms with Crippen LogP contribution in [0.2, 0.25) is 0 Å². The molecule has 0 heterocycles. The summed E-state index contributed by atoms with van der Waals surface area (Å²) in [6.45, 7) is 1.45. The molecule has 2 amide bonds.